The first-order valence-corrected chi connectivity index (χ1v) is 11.1. The summed E-state index contributed by atoms with van der Waals surface area (Å²) in [5.74, 6) is 0. The summed E-state index contributed by atoms with van der Waals surface area (Å²) < 4.78 is 0. The molecule has 6 aromatic rings. The molecule has 0 N–H and O–H groups in total. The van der Waals surface area contributed by atoms with Crippen molar-refractivity contribution in [3.8, 4) is 34.4 Å². The van der Waals surface area contributed by atoms with Gasteiger partial charge in [-0.25, -0.2) is 0 Å². The third kappa shape index (κ3) is 3.10. The highest BCUT2D eigenvalue weighted by molar-refractivity contribution is 6.23. The zero-order valence-electron chi connectivity index (χ0n) is 18.3. The molecule has 0 atom stereocenters. The molecule has 2 nitrogen and oxygen atoms in total. The average molecular weight is 431 g/mol. The summed E-state index contributed by atoms with van der Waals surface area (Å²) in [6, 6.07) is 41.5. The SMILES string of the molecule is N#Cc1cccc(-c2cc3c4ccccc4c(-c4cccc(C#N)c4)cc3c3ccccc23)c1. The van der Waals surface area contributed by atoms with Crippen LogP contribution in [0.15, 0.2) is 109 Å². The van der Waals surface area contributed by atoms with Crippen LogP contribution in [0, 0.1) is 22.7 Å². The summed E-state index contributed by atoms with van der Waals surface area (Å²) in [6.07, 6.45) is 0. The highest BCUT2D eigenvalue weighted by Crippen LogP contribution is 2.41. The molecule has 0 aliphatic rings. The minimum atomic E-state index is 0.652. The fraction of sp³-hybridized carbons (Fsp3) is 0. The normalized spacial score (nSPS) is 10.9. The molecule has 34 heavy (non-hydrogen) atoms. The van der Waals surface area contributed by atoms with Crippen molar-refractivity contribution in [2.45, 2.75) is 0 Å². The van der Waals surface area contributed by atoms with E-state index < -0.39 is 0 Å². The van der Waals surface area contributed by atoms with Gasteiger partial charge in [-0.1, -0.05) is 72.8 Å². The predicted molar refractivity (Wildman–Crippen MR) is 139 cm³/mol. The third-order valence-electron chi connectivity index (χ3n) is 6.49. The summed E-state index contributed by atoms with van der Waals surface area (Å²) in [7, 11) is 0. The van der Waals surface area contributed by atoms with E-state index in [4.69, 9.17) is 0 Å². The van der Waals surface area contributed by atoms with Crippen LogP contribution in [0.4, 0.5) is 0 Å². The molecule has 0 radical (unpaired) electrons. The Hall–Kier alpha value is -4.92. The summed E-state index contributed by atoms with van der Waals surface area (Å²) in [4.78, 5) is 0. The van der Waals surface area contributed by atoms with Crippen LogP contribution < -0.4 is 0 Å². The van der Waals surface area contributed by atoms with Crippen molar-refractivity contribution in [2.75, 3.05) is 0 Å². The van der Waals surface area contributed by atoms with Gasteiger partial charge in [-0.05, 0) is 91.0 Å². The van der Waals surface area contributed by atoms with Crippen molar-refractivity contribution >= 4 is 32.3 Å². The molecule has 156 valence electrons. The highest BCUT2D eigenvalue weighted by Gasteiger charge is 2.14. The standard InChI is InChI=1S/C32H18N2/c33-19-21-7-5-9-23(15-21)29-17-32-28-14-4-2-12-26(28)30(24-10-6-8-22(16-24)20-34)18-31(32)27-13-3-1-11-25(27)29/h1-18H. The largest absolute Gasteiger partial charge is 0.192 e. The van der Waals surface area contributed by atoms with Gasteiger partial charge in [-0.2, -0.15) is 10.5 Å². The number of nitrogens with zero attached hydrogens (tertiary/aromatic N) is 2. The van der Waals surface area contributed by atoms with Crippen LogP contribution in [0.25, 0.3) is 54.6 Å². The van der Waals surface area contributed by atoms with Crippen molar-refractivity contribution in [3.63, 3.8) is 0 Å². The Bertz CT molecular complexity index is 1690. The number of hydrogen-bond acceptors (Lipinski definition) is 2. The molecular weight excluding hydrogens is 412 g/mol. The van der Waals surface area contributed by atoms with Gasteiger partial charge in [0.25, 0.3) is 0 Å². The van der Waals surface area contributed by atoms with E-state index in [2.05, 4.69) is 84.9 Å². The quantitative estimate of drug-likeness (QED) is 0.260. The molecule has 0 spiro atoms. The van der Waals surface area contributed by atoms with Gasteiger partial charge >= 0.3 is 0 Å². The van der Waals surface area contributed by atoms with Crippen LogP contribution in [0.3, 0.4) is 0 Å². The van der Waals surface area contributed by atoms with Gasteiger partial charge < -0.3 is 0 Å². The van der Waals surface area contributed by atoms with Crippen LogP contribution in [-0.4, -0.2) is 0 Å². The molecule has 0 saturated heterocycles. The Balaban J connectivity index is 1.77. The number of benzene rings is 6. The Morgan fingerprint density at radius 1 is 0.382 bits per heavy atom. The van der Waals surface area contributed by atoms with Crippen molar-refractivity contribution in [1.29, 1.82) is 10.5 Å². The van der Waals surface area contributed by atoms with E-state index in [1.165, 1.54) is 21.5 Å². The van der Waals surface area contributed by atoms with E-state index in [0.29, 0.717) is 11.1 Å². The van der Waals surface area contributed by atoms with E-state index in [-0.39, 0.29) is 0 Å². The minimum Gasteiger partial charge on any atom is -0.192 e. The van der Waals surface area contributed by atoms with Gasteiger partial charge in [-0.3, -0.25) is 0 Å². The zero-order chi connectivity index (χ0) is 23.1. The van der Waals surface area contributed by atoms with Crippen molar-refractivity contribution in [3.05, 3.63) is 120 Å². The lowest BCUT2D eigenvalue weighted by Gasteiger charge is -2.16. The maximum Gasteiger partial charge on any atom is 0.0991 e. The average Bonchev–Trinajstić information content (AvgIpc) is 2.92. The number of rotatable bonds is 2. The molecule has 6 aromatic carbocycles. The minimum absolute atomic E-state index is 0.652. The number of fused-ring (bicyclic) bond motifs is 5. The van der Waals surface area contributed by atoms with E-state index in [1.54, 1.807) is 0 Å². The van der Waals surface area contributed by atoms with Gasteiger partial charge in [0.05, 0.1) is 23.3 Å². The van der Waals surface area contributed by atoms with Crippen LogP contribution in [0.2, 0.25) is 0 Å². The first-order chi connectivity index (χ1) is 16.8. The second-order valence-electron chi connectivity index (χ2n) is 8.42. The molecule has 2 heteroatoms. The lowest BCUT2D eigenvalue weighted by atomic mass is 9.87. The Kier molecular flexibility index (Phi) is 4.58. The van der Waals surface area contributed by atoms with Crippen LogP contribution >= 0.6 is 0 Å². The molecule has 0 bridgehead atoms. The monoisotopic (exact) mass is 430 g/mol. The first kappa shape index (κ1) is 19.7. The molecule has 0 unspecified atom stereocenters. The van der Waals surface area contributed by atoms with Gasteiger partial charge in [-0.15, -0.1) is 0 Å². The predicted octanol–water partition coefficient (Wildman–Crippen LogP) is 8.22. The fourth-order valence-corrected chi connectivity index (χ4v) is 4.94. The van der Waals surface area contributed by atoms with Crippen LogP contribution in [0.1, 0.15) is 11.1 Å². The molecule has 0 saturated carbocycles. The molecule has 6 rings (SSSR count). The smallest absolute Gasteiger partial charge is 0.0991 e. The molecule has 0 amide bonds. The lowest BCUT2D eigenvalue weighted by molar-refractivity contribution is 1.48. The second kappa shape index (κ2) is 7.89. The fourth-order valence-electron chi connectivity index (χ4n) is 4.94. The summed E-state index contributed by atoms with van der Waals surface area (Å²) in [6.45, 7) is 0. The maximum atomic E-state index is 9.44. The van der Waals surface area contributed by atoms with Crippen molar-refractivity contribution in [2.24, 2.45) is 0 Å². The zero-order valence-corrected chi connectivity index (χ0v) is 18.3. The third-order valence-corrected chi connectivity index (χ3v) is 6.49. The van der Waals surface area contributed by atoms with E-state index in [9.17, 15) is 10.5 Å². The van der Waals surface area contributed by atoms with Gasteiger partial charge in [0.15, 0.2) is 0 Å². The van der Waals surface area contributed by atoms with E-state index in [0.717, 1.165) is 33.0 Å². The molecule has 0 aliphatic carbocycles. The maximum absolute atomic E-state index is 9.44. The Morgan fingerprint density at radius 2 is 0.794 bits per heavy atom. The number of nitriles is 2. The lowest BCUT2D eigenvalue weighted by Crippen LogP contribution is -1.89. The second-order valence-corrected chi connectivity index (χ2v) is 8.42. The highest BCUT2D eigenvalue weighted by atomic mass is 14.2. The Morgan fingerprint density at radius 3 is 1.21 bits per heavy atom. The van der Waals surface area contributed by atoms with Crippen LogP contribution in [-0.2, 0) is 0 Å². The molecular formula is C32H18N2. The summed E-state index contributed by atoms with van der Waals surface area (Å²) in [5.41, 5.74) is 5.60. The van der Waals surface area contributed by atoms with Crippen LogP contribution in [0.5, 0.6) is 0 Å². The topological polar surface area (TPSA) is 47.6 Å². The molecule has 0 aromatic heterocycles. The van der Waals surface area contributed by atoms with Crippen molar-refractivity contribution in [1.82, 2.24) is 0 Å². The summed E-state index contributed by atoms with van der Waals surface area (Å²) >= 11 is 0. The van der Waals surface area contributed by atoms with E-state index in [1.807, 2.05) is 36.4 Å². The number of hydrogen-bond donors (Lipinski definition) is 0. The molecule has 0 fully saturated rings. The summed E-state index contributed by atoms with van der Waals surface area (Å²) in [5, 5.41) is 25.9. The van der Waals surface area contributed by atoms with Gasteiger partial charge in [0, 0.05) is 0 Å². The molecule has 0 heterocycles. The van der Waals surface area contributed by atoms with Gasteiger partial charge in [0.1, 0.15) is 0 Å². The molecule has 0 aliphatic heterocycles. The first-order valence-electron chi connectivity index (χ1n) is 11.1. The van der Waals surface area contributed by atoms with Crippen molar-refractivity contribution < 1.29 is 0 Å². The van der Waals surface area contributed by atoms with Gasteiger partial charge in [0.2, 0.25) is 0 Å². The van der Waals surface area contributed by atoms with E-state index >= 15 is 0 Å². The Labute approximate surface area is 197 Å².